The number of ether oxygens (including phenoxy) is 3. The van der Waals surface area contributed by atoms with Gasteiger partial charge in [-0.25, -0.2) is 9.69 Å². The van der Waals surface area contributed by atoms with E-state index in [1.165, 1.54) is 18.7 Å². The molecule has 4 amide bonds. The predicted molar refractivity (Wildman–Crippen MR) is 157 cm³/mol. The SMILES string of the molecule is CC[C@@H](C)c1ccc(OCCOc2c(Br)cc(/C=C3/C(=O)NC(=O)N(c4ccc(C)cc4)C3=O)cc2OC)cc1. The van der Waals surface area contributed by atoms with Gasteiger partial charge < -0.3 is 14.2 Å². The zero-order valence-electron chi connectivity index (χ0n) is 22.8. The third kappa shape index (κ3) is 6.54. The van der Waals surface area contributed by atoms with Crippen LogP contribution in [0.4, 0.5) is 10.5 Å². The molecule has 40 heavy (non-hydrogen) atoms. The largest absolute Gasteiger partial charge is 0.493 e. The first-order valence-electron chi connectivity index (χ1n) is 12.9. The lowest BCUT2D eigenvalue weighted by Gasteiger charge is -2.26. The molecule has 0 radical (unpaired) electrons. The number of hydrogen-bond donors (Lipinski definition) is 1. The minimum absolute atomic E-state index is 0.185. The maximum atomic E-state index is 13.2. The quantitative estimate of drug-likeness (QED) is 0.163. The Kier molecular flexibility index (Phi) is 9.26. The third-order valence-corrected chi connectivity index (χ3v) is 7.21. The summed E-state index contributed by atoms with van der Waals surface area (Å²) >= 11 is 3.50. The van der Waals surface area contributed by atoms with Gasteiger partial charge in [-0.05, 0) is 88.8 Å². The van der Waals surface area contributed by atoms with Crippen molar-refractivity contribution in [1.82, 2.24) is 5.32 Å². The predicted octanol–water partition coefficient (Wildman–Crippen LogP) is 6.40. The molecule has 1 aliphatic rings. The first kappa shape index (κ1) is 28.9. The zero-order valence-corrected chi connectivity index (χ0v) is 24.4. The number of halogens is 1. The Morgan fingerprint density at radius 2 is 1.65 bits per heavy atom. The van der Waals surface area contributed by atoms with Crippen molar-refractivity contribution in [3.63, 3.8) is 0 Å². The van der Waals surface area contributed by atoms with Crippen molar-refractivity contribution in [3.05, 3.63) is 87.4 Å². The molecule has 0 aromatic heterocycles. The number of benzene rings is 3. The summed E-state index contributed by atoms with van der Waals surface area (Å²) in [5.74, 6) is 0.620. The summed E-state index contributed by atoms with van der Waals surface area (Å²) in [5, 5.41) is 2.23. The lowest BCUT2D eigenvalue weighted by molar-refractivity contribution is -0.122. The van der Waals surface area contributed by atoms with E-state index in [4.69, 9.17) is 14.2 Å². The fraction of sp³-hybridized carbons (Fsp3) is 0.258. The molecule has 9 heteroatoms. The molecule has 1 N–H and O–H groups in total. The van der Waals surface area contributed by atoms with Crippen LogP contribution in [0.3, 0.4) is 0 Å². The normalized spacial score (nSPS) is 15.2. The molecule has 0 aliphatic carbocycles. The lowest BCUT2D eigenvalue weighted by atomic mass is 9.99. The molecule has 4 rings (SSSR count). The molecule has 1 fully saturated rings. The number of rotatable bonds is 10. The second kappa shape index (κ2) is 12.8. The molecule has 0 spiro atoms. The number of hydrogen-bond acceptors (Lipinski definition) is 6. The van der Waals surface area contributed by atoms with Crippen LogP contribution in [0.15, 0.2) is 70.7 Å². The summed E-state index contributed by atoms with van der Waals surface area (Å²) in [4.78, 5) is 39.2. The average molecular weight is 608 g/mol. The van der Waals surface area contributed by atoms with Crippen LogP contribution >= 0.6 is 15.9 Å². The van der Waals surface area contributed by atoms with Gasteiger partial charge in [-0.3, -0.25) is 14.9 Å². The second-order valence-corrected chi connectivity index (χ2v) is 10.3. The molecule has 3 aromatic rings. The fourth-order valence-corrected chi connectivity index (χ4v) is 4.72. The van der Waals surface area contributed by atoms with Crippen molar-refractivity contribution >= 4 is 45.5 Å². The molecular formula is C31H31BrN2O6. The summed E-state index contributed by atoms with van der Waals surface area (Å²) in [6, 6.07) is 17.5. The maximum absolute atomic E-state index is 13.2. The number of urea groups is 1. The summed E-state index contributed by atoms with van der Waals surface area (Å²) < 4.78 is 17.8. The van der Waals surface area contributed by atoms with E-state index >= 15 is 0 Å². The van der Waals surface area contributed by atoms with E-state index in [-0.39, 0.29) is 12.2 Å². The zero-order chi connectivity index (χ0) is 28.8. The van der Waals surface area contributed by atoms with Crippen molar-refractivity contribution in [2.45, 2.75) is 33.1 Å². The van der Waals surface area contributed by atoms with Crippen LogP contribution in [0, 0.1) is 6.92 Å². The van der Waals surface area contributed by atoms with E-state index < -0.39 is 17.8 Å². The van der Waals surface area contributed by atoms with Crippen LogP contribution in [-0.4, -0.2) is 38.2 Å². The third-order valence-electron chi connectivity index (χ3n) is 6.62. The number of methoxy groups -OCH3 is 1. The van der Waals surface area contributed by atoms with Gasteiger partial charge in [-0.1, -0.05) is 43.7 Å². The van der Waals surface area contributed by atoms with Crippen LogP contribution in [0.5, 0.6) is 17.2 Å². The molecular weight excluding hydrogens is 576 g/mol. The standard InChI is InChI=1S/C31H31BrN2O6/c1-5-20(3)22-8-12-24(13-9-22)39-14-15-40-28-26(32)17-21(18-27(28)38-4)16-25-29(35)33-31(37)34(30(25)36)23-10-6-19(2)7-11-23/h6-13,16-18,20H,5,14-15H2,1-4H3,(H,33,35,37)/b25-16-/t20-/m1/s1. The van der Waals surface area contributed by atoms with Gasteiger partial charge in [0.15, 0.2) is 11.5 Å². The molecule has 0 saturated carbocycles. The van der Waals surface area contributed by atoms with Gasteiger partial charge in [-0.2, -0.15) is 0 Å². The van der Waals surface area contributed by atoms with Gasteiger partial charge in [0.25, 0.3) is 11.8 Å². The van der Waals surface area contributed by atoms with Crippen LogP contribution in [0.1, 0.15) is 42.9 Å². The van der Waals surface area contributed by atoms with Crippen molar-refractivity contribution in [3.8, 4) is 17.2 Å². The Hall–Kier alpha value is -4.11. The molecule has 208 valence electrons. The highest BCUT2D eigenvalue weighted by Gasteiger charge is 2.36. The smallest absolute Gasteiger partial charge is 0.335 e. The van der Waals surface area contributed by atoms with Crippen molar-refractivity contribution in [2.75, 3.05) is 25.2 Å². The summed E-state index contributed by atoms with van der Waals surface area (Å²) in [6.45, 7) is 6.84. The summed E-state index contributed by atoms with van der Waals surface area (Å²) in [6.07, 6.45) is 2.49. The first-order valence-corrected chi connectivity index (χ1v) is 13.7. The number of carbonyl (C=O) groups excluding carboxylic acids is 3. The van der Waals surface area contributed by atoms with Gasteiger partial charge in [0, 0.05) is 0 Å². The van der Waals surface area contributed by atoms with E-state index in [0.717, 1.165) is 22.6 Å². The Morgan fingerprint density at radius 1 is 0.975 bits per heavy atom. The van der Waals surface area contributed by atoms with Crippen molar-refractivity contribution in [1.29, 1.82) is 0 Å². The summed E-state index contributed by atoms with van der Waals surface area (Å²) in [7, 11) is 1.50. The van der Waals surface area contributed by atoms with Crippen LogP contribution in [0.25, 0.3) is 6.08 Å². The van der Waals surface area contributed by atoms with Gasteiger partial charge in [-0.15, -0.1) is 0 Å². The number of carbonyl (C=O) groups is 3. The molecule has 0 bridgehead atoms. The highest BCUT2D eigenvalue weighted by atomic mass is 79.9. The highest BCUT2D eigenvalue weighted by molar-refractivity contribution is 9.10. The number of nitrogens with zero attached hydrogens (tertiary/aromatic N) is 1. The van der Waals surface area contributed by atoms with Gasteiger partial charge >= 0.3 is 6.03 Å². The molecule has 1 heterocycles. The van der Waals surface area contributed by atoms with Crippen LogP contribution in [0.2, 0.25) is 0 Å². The number of nitrogens with one attached hydrogen (secondary N) is 1. The van der Waals surface area contributed by atoms with E-state index in [1.54, 1.807) is 36.4 Å². The number of barbiturate groups is 1. The molecule has 3 aromatic carbocycles. The maximum Gasteiger partial charge on any atom is 0.335 e. The van der Waals surface area contributed by atoms with Crippen LogP contribution in [-0.2, 0) is 9.59 Å². The van der Waals surface area contributed by atoms with E-state index in [9.17, 15) is 14.4 Å². The van der Waals surface area contributed by atoms with E-state index in [1.807, 2.05) is 19.1 Å². The van der Waals surface area contributed by atoms with Gasteiger partial charge in [0.2, 0.25) is 0 Å². The average Bonchev–Trinajstić information content (AvgIpc) is 2.94. The van der Waals surface area contributed by atoms with E-state index in [2.05, 4.69) is 47.2 Å². The number of anilines is 1. The Bertz CT molecular complexity index is 1430. The molecule has 8 nitrogen and oxygen atoms in total. The highest BCUT2D eigenvalue weighted by Crippen LogP contribution is 2.37. The monoisotopic (exact) mass is 606 g/mol. The Balaban J connectivity index is 1.47. The Labute approximate surface area is 242 Å². The second-order valence-electron chi connectivity index (χ2n) is 9.40. The van der Waals surface area contributed by atoms with Crippen molar-refractivity contribution < 1.29 is 28.6 Å². The number of aryl methyl sites for hydroxylation is 1. The lowest BCUT2D eigenvalue weighted by Crippen LogP contribution is -2.54. The van der Waals surface area contributed by atoms with Gasteiger partial charge in [0.05, 0.1) is 17.3 Å². The minimum atomic E-state index is -0.799. The number of imide groups is 2. The topological polar surface area (TPSA) is 94.2 Å². The van der Waals surface area contributed by atoms with Gasteiger partial charge in [0.1, 0.15) is 24.5 Å². The Morgan fingerprint density at radius 3 is 2.30 bits per heavy atom. The molecule has 1 atom stereocenters. The molecule has 1 saturated heterocycles. The molecule has 0 unspecified atom stereocenters. The minimum Gasteiger partial charge on any atom is -0.493 e. The summed E-state index contributed by atoms with van der Waals surface area (Å²) in [5.41, 5.74) is 2.93. The first-order chi connectivity index (χ1) is 19.2. The molecule has 1 aliphatic heterocycles. The number of amides is 4. The van der Waals surface area contributed by atoms with Crippen molar-refractivity contribution in [2.24, 2.45) is 0 Å². The van der Waals surface area contributed by atoms with E-state index in [0.29, 0.717) is 39.7 Å². The van der Waals surface area contributed by atoms with Crippen LogP contribution < -0.4 is 24.4 Å². The fourth-order valence-electron chi connectivity index (χ4n) is 4.15.